The summed E-state index contributed by atoms with van der Waals surface area (Å²) >= 11 is 0. The predicted molar refractivity (Wildman–Crippen MR) is 97.8 cm³/mol. The molecule has 2 rings (SSSR count). The summed E-state index contributed by atoms with van der Waals surface area (Å²) in [7, 11) is 3.09. The number of anilines is 1. The zero-order chi connectivity index (χ0) is 18.9. The summed E-state index contributed by atoms with van der Waals surface area (Å²) in [4.78, 5) is 29.3. The van der Waals surface area contributed by atoms with Crippen LogP contribution in [0, 0.1) is 18.8 Å². The van der Waals surface area contributed by atoms with Gasteiger partial charge in [-0.2, -0.15) is 0 Å². The fraction of sp³-hybridized carbons (Fsp3) is 0.250. The number of hydrogen-bond acceptors (Lipinski definition) is 6. The average molecular weight is 352 g/mol. The van der Waals surface area contributed by atoms with Crippen molar-refractivity contribution in [3.05, 3.63) is 53.7 Å². The Kier molecular flexibility index (Phi) is 6.75. The number of ether oxygens (including phenoxy) is 2. The number of methoxy groups -OCH3 is 1. The monoisotopic (exact) mass is 352 g/mol. The SMILES string of the molecule is COC(=O)CCN(C)c1ncccc1OC(=O)C#Cc1ccccc1C. The van der Waals surface area contributed by atoms with Crippen LogP contribution in [0.2, 0.25) is 0 Å². The molecule has 0 fully saturated rings. The van der Waals surface area contributed by atoms with E-state index in [0.29, 0.717) is 12.4 Å². The van der Waals surface area contributed by atoms with E-state index in [4.69, 9.17) is 4.74 Å². The lowest BCUT2D eigenvalue weighted by Crippen LogP contribution is -2.23. The average Bonchev–Trinajstić information content (AvgIpc) is 2.65. The zero-order valence-electron chi connectivity index (χ0n) is 15.0. The molecule has 1 heterocycles. The van der Waals surface area contributed by atoms with E-state index in [9.17, 15) is 9.59 Å². The second kappa shape index (κ2) is 9.23. The molecule has 0 saturated carbocycles. The predicted octanol–water partition coefficient (Wildman–Crippen LogP) is 2.35. The molecule has 134 valence electrons. The van der Waals surface area contributed by atoms with Crippen molar-refractivity contribution >= 4 is 17.8 Å². The van der Waals surface area contributed by atoms with E-state index >= 15 is 0 Å². The Morgan fingerprint density at radius 1 is 1.19 bits per heavy atom. The molecule has 6 heteroatoms. The minimum atomic E-state index is -0.677. The van der Waals surface area contributed by atoms with E-state index in [1.807, 2.05) is 31.2 Å². The van der Waals surface area contributed by atoms with Crippen LogP contribution in [0.25, 0.3) is 0 Å². The molecular formula is C20H20N2O4. The first kappa shape index (κ1) is 19.0. The van der Waals surface area contributed by atoms with Crippen LogP contribution < -0.4 is 9.64 Å². The van der Waals surface area contributed by atoms with Crippen molar-refractivity contribution in [2.75, 3.05) is 25.6 Å². The highest BCUT2D eigenvalue weighted by Gasteiger charge is 2.14. The maximum absolute atomic E-state index is 12.1. The molecule has 0 saturated heterocycles. The van der Waals surface area contributed by atoms with Gasteiger partial charge in [0.25, 0.3) is 0 Å². The minimum Gasteiger partial charge on any atom is -0.469 e. The van der Waals surface area contributed by atoms with Gasteiger partial charge in [0.2, 0.25) is 0 Å². The van der Waals surface area contributed by atoms with Crippen LogP contribution in [-0.2, 0) is 14.3 Å². The molecule has 0 aliphatic rings. The minimum absolute atomic E-state index is 0.198. The first-order chi connectivity index (χ1) is 12.5. The van der Waals surface area contributed by atoms with E-state index in [1.165, 1.54) is 7.11 Å². The molecule has 0 bridgehead atoms. The smallest absolute Gasteiger partial charge is 0.390 e. The van der Waals surface area contributed by atoms with Crippen LogP contribution in [0.1, 0.15) is 17.5 Å². The fourth-order valence-electron chi connectivity index (χ4n) is 2.17. The number of hydrogen-bond donors (Lipinski definition) is 0. The maximum atomic E-state index is 12.1. The summed E-state index contributed by atoms with van der Waals surface area (Å²) in [6, 6.07) is 10.8. The van der Waals surface area contributed by atoms with E-state index < -0.39 is 5.97 Å². The number of carbonyl (C=O) groups excluding carboxylic acids is 2. The quantitative estimate of drug-likeness (QED) is 0.608. The number of aromatic nitrogens is 1. The first-order valence-electron chi connectivity index (χ1n) is 8.03. The number of rotatable bonds is 5. The van der Waals surface area contributed by atoms with Gasteiger partial charge >= 0.3 is 11.9 Å². The van der Waals surface area contributed by atoms with Gasteiger partial charge in [0.15, 0.2) is 11.6 Å². The Balaban J connectivity index is 2.09. The van der Waals surface area contributed by atoms with Crippen molar-refractivity contribution < 1.29 is 19.1 Å². The van der Waals surface area contributed by atoms with Gasteiger partial charge in [0, 0.05) is 31.3 Å². The number of benzene rings is 1. The second-order valence-corrected chi connectivity index (χ2v) is 5.53. The van der Waals surface area contributed by atoms with E-state index in [-0.39, 0.29) is 18.1 Å². The molecule has 0 spiro atoms. The van der Waals surface area contributed by atoms with Crippen molar-refractivity contribution in [1.82, 2.24) is 4.98 Å². The Bertz CT molecular complexity index is 852. The molecule has 26 heavy (non-hydrogen) atoms. The third-order valence-corrected chi connectivity index (χ3v) is 3.64. The topological polar surface area (TPSA) is 68.7 Å². The summed E-state index contributed by atoms with van der Waals surface area (Å²) in [5.41, 5.74) is 1.75. The highest BCUT2D eigenvalue weighted by molar-refractivity contribution is 5.91. The van der Waals surface area contributed by atoms with Crippen molar-refractivity contribution in [3.8, 4) is 17.6 Å². The molecule has 0 aliphatic heterocycles. The standard InChI is InChI=1S/C20H20N2O4/c1-15-7-4-5-8-16(15)10-11-19(24)26-17-9-6-13-21-20(17)22(2)14-12-18(23)25-3/h4-9,13H,12,14H2,1-3H3. The third-order valence-electron chi connectivity index (χ3n) is 3.64. The van der Waals surface area contributed by atoms with Gasteiger partial charge < -0.3 is 14.4 Å². The van der Waals surface area contributed by atoms with Crippen molar-refractivity contribution in [3.63, 3.8) is 0 Å². The Hall–Kier alpha value is -3.33. The van der Waals surface area contributed by atoms with Crippen LogP contribution in [0.5, 0.6) is 5.75 Å². The van der Waals surface area contributed by atoms with Crippen LogP contribution >= 0.6 is 0 Å². The van der Waals surface area contributed by atoms with Gasteiger partial charge in [-0.15, -0.1) is 0 Å². The number of aryl methyl sites for hydroxylation is 1. The van der Waals surface area contributed by atoms with Gasteiger partial charge in [0.05, 0.1) is 13.5 Å². The summed E-state index contributed by atoms with van der Waals surface area (Å²) in [6.07, 6.45) is 1.78. The molecule has 0 atom stereocenters. The van der Waals surface area contributed by atoms with Gasteiger partial charge in [-0.3, -0.25) is 4.79 Å². The first-order valence-corrected chi connectivity index (χ1v) is 8.03. The largest absolute Gasteiger partial charge is 0.469 e. The normalized spacial score (nSPS) is 9.65. The number of esters is 2. The Morgan fingerprint density at radius 3 is 2.69 bits per heavy atom. The van der Waals surface area contributed by atoms with E-state index in [1.54, 1.807) is 30.3 Å². The highest BCUT2D eigenvalue weighted by Crippen LogP contribution is 2.24. The molecule has 0 aliphatic carbocycles. The van der Waals surface area contributed by atoms with Gasteiger partial charge in [-0.1, -0.05) is 24.1 Å². The summed E-state index contributed by atoms with van der Waals surface area (Å²) in [6.45, 7) is 2.30. The van der Waals surface area contributed by atoms with Gasteiger partial charge in [-0.05, 0) is 30.7 Å². The van der Waals surface area contributed by atoms with Crippen molar-refractivity contribution in [2.24, 2.45) is 0 Å². The summed E-state index contributed by atoms with van der Waals surface area (Å²) in [5, 5.41) is 0. The third kappa shape index (κ3) is 5.35. The molecule has 6 nitrogen and oxygen atoms in total. The summed E-state index contributed by atoms with van der Waals surface area (Å²) in [5.74, 6) is 5.02. The maximum Gasteiger partial charge on any atom is 0.390 e. The fourth-order valence-corrected chi connectivity index (χ4v) is 2.17. The van der Waals surface area contributed by atoms with Crippen molar-refractivity contribution in [1.29, 1.82) is 0 Å². The molecule has 0 radical (unpaired) electrons. The zero-order valence-corrected chi connectivity index (χ0v) is 15.0. The lowest BCUT2D eigenvalue weighted by molar-refractivity contribution is -0.140. The van der Waals surface area contributed by atoms with Crippen LogP contribution in [-0.4, -0.2) is 37.6 Å². The van der Waals surface area contributed by atoms with Gasteiger partial charge in [0.1, 0.15) is 0 Å². The molecule has 0 unspecified atom stereocenters. The number of nitrogens with zero attached hydrogens (tertiary/aromatic N) is 2. The van der Waals surface area contributed by atoms with E-state index in [0.717, 1.165) is 11.1 Å². The molecule has 0 amide bonds. The van der Waals surface area contributed by atoms with Crippen molar-refractivity contribution in [2.45, 2.75) is 13.3 Å². The van der Waals surface area contributed by atoms with E-state index in [2.05, 4.69) is 21.6 Å². The molecular weight excluding hydrogens is 332 g/mol. The molecule has 2 aromatic rings. The lowest BCUT2D eigenvalue weighted by atomic mass is 10.1. The van der Waals surface area contributed by atoms with Gasteiger partial charge in [-0.25, -0.2) is 9.78 Å². The van der Waals surface area contributed by atoms with Crippen LogP contribution in [0.15, 0.2) is 42.6 Å². The number of pyridine rings is 1. The molecule has 1 aromatic carbocycles. The van der Waals surface area contributed by atoms with Crippen LogP contribution in [0.3, 0.4) is 0 Å². The Morgan fingerprint density at radius 2 is 1.96 bits per heavy atom. The Labute approximate surface area is 152 Å². The van der Waals surface area contributed by atoms with Crippen LogP contribution in [0.4, 0.5) is 5.82 Å². The highest BCUT2D eigenvalue weighted by atomic mass is 16.5. The molecule has 0 N–H and O–H groups in total. The summed E-state index contributed by atoms with van der Waals surface area (Å²) < 4.78 is 9.95. The number of carbonyl (C=O) groups is 2. The second-order valence-electron chi connectivity index (χ2n) is 5.53. The molecule has 1 aromatic heterocycles. The lowest BCUT2D eigenvalue weighted by Gasteiger charge is -2.19.